The molecule has 3 aromatic rings. The Balaban J connectivity index is 1.76. The van der Waals surface area contributed by atoms with E-state index in [1.54, 1.807) is 7.11 Å². The first kappa shape index (κ1) is 21.6. The SMILES string of the molecule is CCC(=O)N(CCC(Cc1ccccc1)c1ccc(OC)cc1)Cc1ccccc1. The van der Waals surface area contributed by atoms with Crippen LogP contribution >= 0.6 is 0 Å². The molecule has 1 atom stereocenters. The van der Waals surface area contributed by atoms with Gasteiger partial charge in [-0.3, -0.25) is 4.79 Å². The average molecular weight is 402 g/mol. The van der Waals surface area contributed by atoms with Crippen LogP contribution in [0.2, 0.25) is 0 Å². The molecule has 156 valence electrons. The van der Waals surface area contributed by atoms with Crippen LogP contribution in [0.4, 0.5) is 0 Å². The number of nitrogens with zero attached hydrogens (tertiary/aromatic N) is 1. The van der Waals surface area contributed by atoms with Gasteiger partial charge >= 0.3 is 0 Å². The van der Waals surface area contributed by atoms with Crippen LogP contribution in [-0.4, -0.2) is 24.5 Å². The Hall–Kier alpha value is -3.07. The van der Waals surface area contributed by atoms with Crippen molar-refractivity contribution in [3.8, 4) is 5.75 Å². The summed E-state index contributed by atoms with van der Waals surface area (Å²) in [4.78, 5) is 14.6. The number of carbonyl (C=O) groups excluding carboxylic acids is 1. The number of carbonyl (C=O) groups is 1. The molecule has 0 fully saturated rings. The lowest BCUT2D eigenvalue weighted by Gasteiger charge is -2.26. The monoisotopic (exact) mass is 401 g/mol. The third kappa shape index (κ3) is 6.21. The van der Waals surface area contributed by atoms with Crippen LogP contribution in [0.1, 0.15) is 42.4 Å². The van der Waals surface area contributed by atoms with Crippen molar-refractivity contribution in [3.63, 3.8) is 0 Å². The number of hydrogen-bond donors (Lipinski definition) is 0. The second kappa shape index (κ2) is 11.2. The summed E-state index contributed by atoms with van der Waals surface area (Å²) in [5.41, 5.74) is 3.77. The Morgan fingerprint density at radius 2 is 1.47 bits per heavy atom. The average Bonchev–Trinajstić information content (AvgIpc) is 2.81. The highest BCUT2D eigenvalue weighted by atomic mass is 16.5. The highest BCUT2D eigenvalue weighted by Crippen LogP contribution is 2.27. The van der Waals surface area contributed by atoms with Gasteiger partial charge in [0, 0.05) is 19.5 Å². The van der Waals surface area contributed by atoms with Crippen molar-refractivity contribution in [1.29, 1.82) is 0 Å². The summed E-state index contributed by atoms with van der Waals surface area (Å²) in [6.07, 6.45) is 2.39. The standard InChI is InChI=1S/C27H31NO2/c1-3-27(29)28(21-23-12-8-5-9-13-23)19-18-25(20-22-10-6-4-7-11-22)24-14-16-26(30-2)17-15-24/h4-17,25H,3,18-21H2,1-2H3. The zero-order valence-electron chi connectivity index (χ0n) is 18.0. The van der Waals surface area contributed by atoms with E-state index in [0.29, 0.717) is 18.9 Å². The molecule has 0 saturated heterocycles. The zero-order chi connectivity index (χ0) is 21.2. The second-order valence-corrected chi connectivity index (χ2v) is 7.60. The van der Waals surface area contributed by atoms with E-state index in [0.717, 1.165) is 25.1 Å². The number of amides is 1. The predicted molar refractivity (Wildman–Crippen MR) is 123 cm³/mol. The van der Waals surface area contributed by atoms with Gasteiger partial charge in [-0.2, -0.15) is 0 Å². The van der Waals surface area contributed by atoms with Crippen LogP contribution < -0.4 is 4.74 Å². The van der Waals surface area contributed by atoms with Gasteiger partial charge in [0.2, 0.25) is 5.91 Å². The maximum Gasteiger partial charge on any atom is 0.222 e. The molecule has 0 aliphatic rings. The second-order valence-electron chi connectivity index (χ2n) is 7.60. The molecule has 3 aromatic carbocycles. The molecule has 0 spiro atoms. The molecule has 0 radical (unpaired) electrons. The number of benzene rings is 3. The van der Waals surface area contributed by atoms with Crippen LogP contribution in [0.25, 0.3) is 0 Å². The molecule has 0 bridgehead atoms. The van der Waals surface area contributed by atoms with Gasteiger partial charge in [-0.25, -0.2) is 0 Å². The van der Waals surface area contributed by atoms with Gasteiger partial charge in [-0.05, 0) is 47.6 Å². The van der Waals surface area contributed by atoms with Crippen molar-refractivity contribution in [3.05, 3.63) is 102 Å². The first-order valence-electron chi connectivity index (χ1n) is 10.7. The molecule has 30 heavy (non-hydrogen) atoms. The highest BCUT2D eigenvalue weighted by molar-refractivity contribution is 5.75. The lowest BCUT2D eigenvalue weighted by Crippen LogP contribution is -2.31. The summed E-state index contributed by atoms with van der Waals surface area (Å²) in [6, 6.07) is 29.1. The number of methoxy groups -OCH3 is 1. The van der Waals surface area contributed by atoms with Crippen molar-refractivity contribution < 1.29 is 9.53 Å². The Bertz CT molecular complexity index is 891. The maximum atomic E-state index is 12.6. The van der Waals surface area contributed by atoms with E-state index in [1.807, 2.05) is 48.2 Å². The van der Waals surface area contributed by atoms with Crippen molar-refractivity contribution in [2.75, 3.05) is 13.7 Å². The van der Waals surface area contributed by atoms with Crippen molar-refractivity contribution in [1.82, 2.24) is 4.90 Å². The largest absolute Gasteiger partial charge is 0.497 e. The number of rotatable bonds is 10. The van der Waals surface area contributed by atoms with Crippen LogP contribution in [0.15, 0.2) is 84.9 Å². The fraction of sp³-hybridized carbons (Fsp3) is 0.296. The van der Waals surface area contributed by atoms with E-state index in [-0.39, 0.29) is 5.91 Å². The molecule has 3 heteroatoms. The Morgan fingerprint density at radius 3 is 2.03 bits per heavy atom. The normalized spacial score (nSPS) is 11.7. The summed E-state index contributed by atoms with van der Waals surface area (Å²) in [5, 5.41) is 0. The molecule has 0 aromatic heterocycles. The van der Waals surface area contributed by atoms with Crippen LogP contribution in [0.3, 0.4) is 0 Å². The molecular weight excluding hydrogens is 370 g/mol. The van der Waals surface area contributed by atoms with Crippen LogP contribution in [0, 0.1) is 0 Å². The first-order valence-corrected chi connectivity index (χ1v) is 10.7. The number of hydrogen-bond acceptors (Lipinski definition) is 2. The molecular formula is C27H31NO2. The van der Waals surface area contributed by atoms with Gasteiger partial charge in [-0.15, -0.1) is 0 Å². The zero-order valence-corrected chi connectivity index (χ0v) is 18.0. The first-order chi connectivity index (χ1) is 14.7. The third-order valence-electron chi connectivity index (χ3n) is 5.53. The minimum absolute atomic E-state index is 0.201. The Labute approximate surface area is 180 Å². The quantitative estimate of drug-likeness (QED) is 0.426. The lowest BCUT2D eigenvalue weighted by molar-refractivity contribution is -0.131. The minimum Gasteiger partial charge on any atom is -0.497 e. The molecule has 0 aliphatic heterocycles. The smallest absolute Gasteiger partial charge is 0.222 e. The molecule has 3 nitrogen and oxygen atoms in total. The fourth-order valence-corrected chi connectivity index (χ4v) is 3.79. The molecule has 0 N–H and O–H groups in total. The van der Waals surface area contributed by atoms with E-state index in [1.165, 1.54) is 16.7 Å². The highest BCUT2D eigenvalue weighted by Gasteiger charge is 2.18. The molecule has 1 unspecified atom stereocenters. The summed E-state index contributed by atoms with van der Waals surface area (Å²) in [7, 11) is 1.69. The molecule has 1 amide bonds. The van der Waals surface area contributed by atoms with Crippen molar-refractivity contribution >= 4 is 5.91 Å². The fourth-order valence-electron chi connectivity index (χ4n) is 3.79. The molecule has 0 saturated carbocycles. The summed E-state index contributed by atoms with van der Waals surface area (Å²) in [6.45, 7) is 3.34. The van der Waals surface area contributed by atoms with Gasteiger partial charge in [0.15, 0.2) is 0 Å². The molecule has 0 aliphatic carbocycles. The Kier molecular flexibility index (Phi) is 8.08. The lowest BCUT2D eigenvalue weighted by atomic mass is 9.89. The summed E-state index contributed by atoms with van der Waals surface area (Å²) < 4.78 is 5.32. The molecule has 3 rings (SSSR count). The predicted octanol–water partition coefficient (Wildman–Crippen LogP) is 5.85. The number of ether oxygens (including phenoxy) is 1. The summed E-state index contributed by atoms with van der Waals surface area (Å²) in [5.74, 6) is 1.40. The van der Waals surface area contributed by atoms with E-state index < -0.39 is 0 Å². The van der Waals surface area contributed by atoms with Gasteiger partial charge < -0.3 is 9.64 Å². The third-order valence-corrected chi connectivity index (χ3v) is 5.53. The van der Waals surface area contributed by atoms with Crippen molar-refractivity contribution in [2.45, 2.75) is 38.6 Å². The van der Waals surface area contributed by atoms with Crippen molar-refractivity contribution in [2.24, 2.45) is 0 Å². The minimum atomic E-state index is 0.201. The van der Waals surface area contributed by atoms with E-state index in [4.69, 9.17) is 4.74 Å². The summed E-state index contributed by atoms with van der Waals surface area (Å²) >= 11 is 0. The van der Waals surface area contributed by atoms with Crippen LogP contribution in [0.5, 0.6) is 5.75 Å². The topological polar surface area (TPSA) is 29.5 Å². The van der Waals surface area contributed by atoms with Gasteiger partial charge in [0.25, 0.3) is 0 Å². The van der Waals surface area contributed by atoms with Gasteiger partial charge in [-0.1, -0.05) is 79.7 Å². The van der Waals surface area contributed by atoms with Crippen LogP contribution in [-0.2, 0) is 17.8 Å². The van der Waals surface area contributed by atoms with Gasteiger partial charge in [0.05, 0.1) is 7.11 Å². The van der Waals surface area contributed by atoms with E-state index >= 15 is 0 Å². The Morgan fingerprint density at radius 1 is 0.867 bits per heavy atom. The van der Waals surface area contributed by atoms with E-state index in [9.17, 15) is 4.79 Å². The maximum absolute atomic E-state index is 12.6. The molecule has 0 heterocycles. The van der Waals surface area contributed by atoms with E-state index in [2.05, 4.69) is 48.5 Å². The van der Waals surface area contributed by atoms with Gasteiger partial charge in [0.1, 0.15) is 5.75 Å².